The van der Waals surface area contributed by atoms with E-state index in [2.05, 4.69) is 5.32 Å². The molecule has 0 spiro atoms. The maximum Gasteiger partial charge on any atom is 0.331 e. The van der Waals surface area contributed by atoms with E-state index in [-0.39, 0.29) is 46.8 Å². The molecule has 0 aliphatic heterocycles. The Morgan fingerprint density at radius 3 is 2.17 bits per heavy atom. The Kier molecular flexibility index (Phi) is 8.79. The van der Waals surface area contributed by atoms with E-state index in [0.717, 1.165) is 34.1 Å². The molecule has 1 aromatic heterocycles. The van der Waals surface area contributed by atoms with Gasteiger partial charge in [0.05, 0.1) is 19.2 Å². The van der Waals surface area contributed by atoms with Crippen molar-refractivity contribution < 1.29 is 17.9 Å². The first-order valence-corrected chi connectivity index (χ1v) is 12.0. The second kappa shape index (κ2) is 11.6. The molecule has 1 atom stereocenters. The van der Waals surface area contributed by atoms with Crippen LogP contribution in [0.25, 0.3) is 11.1 Å². The molecule has 3 rings (SSSR count). The van der Waals surface area contributed by atoms with Crippen molar-refractivity contribution in [2.45, 2.75) is 65.7 Å². The number of halogens is 3. The van der Waals surface area contributed by atoms with Crippen LogP contribution < -0.4 is 21.3 Å². The van der Waals surface area contributed by atoms with E-state index in [9.17, 15) is 18.4 Å². The number of hydrogen-bond donors (Lipinski definition) is 1. The second-order valence-corrected chi connectivity index (χ2v) is 8.85. The first-order valence-electron chi connectivity index (χ1n) is 12.0. The zero-order valence-corrected chi connectivity index (χ0v) is 21.2. The molecule has 0 saturated heterocycles. The minimum absolute atomic E-state index is 0.00715. The van der Waals surface area contributed by atoms with Crippen LogP contribution in [-0.4, -0.2) is 28.3 Å². The largest absolute Gasteiger partial charge is 0.494 e. The normalized spacial score (nSPS) is 12.2. The fourth-order valence-electron chi connectivity index (χ4n) is 4.41. The highest BCUT2D eigenvalue weighted by atomic mass is 19.1. The first kappa shape index (κ1) is 27.3. The average Bonchev–Trinajstić information content (AvgIpc) is 2.85. The molecule has 0 radical (unpaired) electrons. The molecule has 194 valence electrons. The van der Waals surface area contributed by atoms with Crippen molar-refractivity contribution in [2.75, 3.05) is 7.11 Å². The smallest absolute Gasteiger partial charge is 0.331 e. The molecule has 1 unspecified atom stereocenters. The van der Waals surface area contributed by atoms with Crippen LogP contribution in [0.3, 0.4) is 0 Å². The molecule has 0 aliphatic carbocycles. The average molecular weight is 504 g/mol. The number of ether oxygens (including phenoxy) is 1. The number of nitrogens with zero attached hydrogens (tertiary/aromatic N) is 2. The van der Waals surface area contributed by atoms with Crippen LogP contribution in [0.2, 0.25) is 0 Å². The summed E-state index contributed by atoms with van der Waals surface area (Å²) in [6, 6.07) is 7.69. The van der Waals surface area contributed by atoms with Crippen molar-refractivity contribution in [3.05, 3.63) is 85.9 Å². The van der Waals surface area contributed by atoms with Gasteiger partial charge in [0.25, 0.3) is 5.56 Å². The summed E-state index contributed by atoms with van der Waals surface area (Å²) in [5, 5.41) is 3.39. The van der Waals surface area contributed by atoms with Gasteiger partial charge in [0.2, 0.25) is 0 Å². The van der Waals surface area contributed by atoms with Gasteiger partial charge >= 0.3 is 5.69 Å². The van der Waals surface area contributed by atoms with Crippen molar-refractivity contribution in [3.8, 4) is 16.9 Å². The molecule has 3 aromatic rings. The van der Waals surface area contributed by atoms with Gasteiger partial charge in [-0.3, -0.25) is 13.9 Å². The van der Waals surface area contributed by atoms with Crippen LogP contribution in [0, 0.1) is 24.4 Å². The number of aromatic nitrogens is 2. The SMILES string of the molecule is CCC(CC)NC(C)Cn1c(=O)c(-c2cccc(OC)c2F)c(C)n(Cc2c(F)cccc2F)c1=O. The number of nitrogens with one attached hydrogen (secondary N) is 1. The quantitative estimate of drug-likeness (QED) is 0.438. The Hall–Kier alpha value is -3.33. The van der Waals surface area contributed by atoms with Gasteiger partial charge in [-0.05, 0) is 44.9 Å². The molecule has 6 nitrogen and oxygen atoms in total. The van der Waals surface area contributed by atoms with E-state index in [1.165, 1.54) is 38.3 Å². The minimum Gasteiger partial charge on any atom is -0.494 e. The van der Waals surface area contributed by atoms with Gasteiger partial charge in [-0.15, -0.1) is 0 Å². The highest BCUT2D eigenvalue weighted by Crippen LogP contribution is 2.29. The predicted molar refractivity (Wildman–Crippen MR) is 134 cm³/mol. The van der Waals surface area contributed by atoms with Crippen molar-refractivity contribution >= 4 is 0 Å². The van der Waals surface area contributed by atoms with Gasteiger partial charge < -0.3 is 10.1 Å². The predicted octanol–water partition coefficient (Wildman–Crippen LogP) is 4.63. The molecule has 0 bridgehead atoms. The first-order chi connectivity index (χ1) is 17.1. The fraction of sp³-hybridized carbons (Fsp3) is 0.407. The van der Waals surface area contributed by atoms with E-state index >= 15 is 4.39 Å². The Balaban J connectivity index is 2.26. The standard InChI is InChI=1S/C27H32F3N3O3/c1-6-18(7-2)31-16(3)14-33-26(34)24(19-10-8-13-23(36-5)25(19)30)17(4)32(27(33)35)15-20-21(28)11-9-12-22(20)29/h8-13,16,18,31H,6-7,14-15H2,1-5H3. The Morgan fingerprint density at radius 2 is 1.58 bits per heavy atom. The zero-order chi connectivity index (χ0) is 26.6. The summed E-state index contributed by atoms with van der Waals surface area (Å²) in [7, 11) is 1.31. The Bertz CT molecular complexity index is 1330. The van der Waals surface area contributed by atoms with Gasteiger partial charge in [0.15, 0.2) is 11.6 Å². The third-order valence-corrected chi connectivity index (χ3v) is 6.48. The van der Waals surface area contributed by atoms with E-state index in [1.807, 2.05) is 20.8 Å². The van der Waals surface area contributed by atoms with Crippen molar-refractivity contribution in [1.82, 2.24) is 14.5 Å². The molecular weight excluding hydrogens is 471 g/mol. The third kappa shape index (κ3) is 5.41. The van der Waals surface area contributed by atoms with Gasteiger partial charge in [-0.2, -0.15) is 0 Å². The molecule has 2 aromatic carbocycles. The number of hydrogen-bond acceptors (Lipinski definition) is 4. The summed E-state index contributed by atoms with van der Waals surface area (Å²) < 4.78 is 51.4. The van der Waals surface area contributed by atoms with Gasteiger partial charge in [-0.25, -0.2) is 18.0 Å². The van der Waals surface area contributed by atoms with E-state index in [1.54, 1.807) is 0 Å². The molecule has 9 heteroatoms. The zero-order valence-electron chi connectivity index (χ0n) is 21.2. The topological polar surface area (TPSA) is 65.3 Å². The van der Waals surface area contributed by atoms with Crippen LogP contribution in [0.5, 0.6) is 5.75 Å². The molecule has 0 fully saturated rings. The lowest BCUT2D eigenvalue weighted by Gasteiger charge is -2.23. The van der Waals surface area contributed by atoms with Crippen LogP contribution >= 0.6 is 0 Å². The minimum atomic E-state index is -0.822. The lowest BCUT2D eigenvalue weighted by Crippen LogP contribution is -2.47. The Labute approximate surface area is 208 Å². The third-order valence-electron chi connectivity index (χ3n) is 6.48. The summed E-state index contributed by atoms with van der Waals surface area (Å²) in [5.41, 5.74) is -1.78. The maximum absolute atomic E-state index is 15.3. The molecular formula is C27H32F3N3O3. The molecule has 0 saturated carbocycles. The number of rotatable bonds is 10. The molecule has 1 heterocycles. The monoisotopic (exact) mass is 503 g/mol. The summed E-state index contributed by atoms with van der Waals surface area (Å²) in [6.45, 7) is 6.91. The number of benzene rings is 2. The van der Waals surface area contributed by atoms with E-state index in [0.29, 0.717) is 0 Å². The summed E-state index contributed by atoms with van der Waals surface area (Å²) in [5.74, 6) is -2.48. The lowest BCUT2D eigenvalue weighted by molar-refractivity contribution is 0.378. The highest BCUT2D eigenvalue weighted by Gasteiger charge is 2.24. The van der Waals surface area contributed by atoms with Gasteiger partial charge in [-0.1, -0.05) is 32.0 Å². The van der Waals surface area contributed by atoms with Crippen molar-refractivity contribution in [3.63, 3.8) is 0 Å². The summed E-state index contributed by atoms with van der Waals surface area (Å²) in [6.07, 6.45) is 1.72. The molecule has 0 amide bonds. The maximum atomic E-state index is 15.3. The van der Waals surface area contributed by atoms with Crippen molar-refractivity contribution in [1.29, 1.82) is 0 Å². The Morgan fingerprint density at radius 1 is 0.972 bits per heavy atom. The molecule has 0 aliphatic rings. The van der Waals surface area contributed by atoms with Crippen LogP contribution in [0.1, 0.15) is 44.9 Å². The van der Waals surface area contributed by atoms with Crippen LogP contribution in [0.4, 0.5) is 13.2 Å². The summed E-state index contributed by atoms with van der Waals surface area (Å²) >= 11 is 0. The molecule has 36 heavy (non-hydrogen) atoms. The van der Waals surface area contributed by atoms with Crippen LogP contribution in [-0.2, 0) is 13.1 Å². The second-order valence-electron chi connectivity index (χ2n) is 8.85. The van der Waals surface area contributed by atoms with E-state index in [4.69, 9.17) is 4.74 Å². The molecule has 1 N–H and O–H groups in total. The number of methoxy groups -OCH3 is 1. The summed E-state index contributed by atoms with van der Waals surface area (Å²) in [4.78, 5) is 27.2. The van der Waals surface area contributed by atoms with Gasteiger partial charge in [0.1, 0.15) is 11.6 Å². The van der Waals surface area contributed by atoms with E-state index < -0.39 is 35.2 Å². The lowest BCUT2D eigenvalue weighted by atomic mass is 10.0. The highest BCUT2D eigenvalue weighted by molar-refractivity contribution is 5.67. The van der Waals surface area contributed by atoms with Crippen LogP contribution in [0.15, 0.2) is 46.0 Å². The van der Waals surface area contributed by atoms with Gasteiger partial charge in [0, 0.05) is 35.4 Å². The van der Waals surface area contributed by atoms with Crippen molar-refractivity contribution in [2.24, 2.45) is 0 Å². The fourth-order valence-corrected chi connectivity index (χ4v) is 4.41.